The zero-order valence-corrected chi connectivity index (χ0v) is 8.36. The molecular weight excluding hydrogens is 178 g/mol. The van der Waals surface area contributed by atoms with Crippen molar-refractivity contribution in [2.24, 2.45) is 17.3 Å². The Kier molecular flexibility index (Phi) is 1.33. The van der Waals surface area contributed by atoms with Crippen LogP contribution >= 0.6 is 0 Å². The van der Waals surface area contributed by atoms with Gasteiger partial charge in [0, 0.05) is 5.92 Å². The van der Waals surface area contributed by atoms with Crippen LogP contribution in [0.3, 0.4) is 0 Å². The Bertz CT molecular complexity index is 380. The second-order valence-corrected chi connectivity index (χ2v) is 4.97. The summed E-state index contributed by atoms with van der Waals surface area (Å²) in [5.74, 6) is 1.71. The van der Waals surface area contributed by atoms with E-state index in [0.717, 1.165) is 6.42 Å². The molecule has 0 amide bonds. The van der Waals surface area contributed by atoms with E-state index in [1.54, 1.807) is 6.20 Å². The van der Waals surface area contributed by atoms with E-state index in [0.29, 0.717) is 17.6 Å². The van der Waals surface area contributed by atoms with Crippen LogP contribution in [0.15, 0.2) is 16.9 Å². The maximum atomic E-state index is 12.0. The lowest BCUT2D eigenvalue weighted by Gasteiger charge is -2.12. The standard InChI is InChI=1S/C11H13NO2/c1-11(2)7-5-6(9(13)8(7)11)10-12-3-4-14-10/h3-4,6-8H,5H2,1-2H3. The van der Waals surface area contributed by atoms with Crippen molar-refractivity contribution in [3.05, 3.63) is 18.4 Å². The van der Waals surface area contributed by atoms with E-state index in [4.69, 9.17) is 4.42 Å². The molecule has 3 nitrogen and oxygen atoms in total. The van der Waals surface area contributed by atoms with E-state index in [2.05, 4.69) is 18.8 Å². The average Bonchev–Trinajstić information content (AvgIpc) is 2.61. The van der Waals surface area contributed by atoms with Gasteiger partial charge in [0.15, 0.2) is 0 Å². The fourth-order valence-electron chi connectivity index (χ4n) is 2.96. The molecule has 0 radical (unpaired) electrons. The third-order valence-electron chi connectivity index (χ3n) is 3.94. The van der Waals surface area contributed by atoms with Crippen molar-refractivity contribution in [2.75, 3.05) is 0 Å². The quantitative estimate of drug-likeness (QED) is 0.681. The van der Waals surface area contributed by atoms with E-state index in [-0.39, 0.29) is 17.3 Å². The van der Waals surface area contributed by atoms with Crippen molar-refractivity contribution in [2.45, 2.75) is 26.2 Å². The third-order valence-corrected chi connectivity index (χ3v) is 3.94. The summed E-state index contributed by atoms with van der Waals surface area (Å²) in [6.45, 7) is 4.35. The summed E-state index contributed by atoms with van der Waals surface area (Å²) in [6, 6.07) is 0. The lowest BCUT2D eigenvalue weighted by Crippen LogP contribution is -2.15. The zero-order chi connectivity index (χ0) is 9.92. The summed E-state index contributed by atoms with van der Waals surface area (Å²) >= 11 is 0. The largest absolute Gasteiger partial charge is 0.448 e. The van der Waals surface area contributed by atoms with Gasteiger partial charge in [-0.1, -0.05) is 13.8 Å². The number of hydrogen-bond acceptors (Lipinski definition) is 3. The summed E-state index contributed by atoms with van der Waals surface area (Å²) in [4.78, 5) is 16.0. The first-order chi connectivity index (χ1) is 6.62. The van der Waals surface area contributed by atoms with E-state index >= 15 is 0 Å². The fourth-order valence-corrected chi connectivity index (χ4v) is 2.96. The summed E-state index contributed by atoms with van der Waals surface area (Å²) in [7, 11) is 0. The van der Waals surface area contributed by atoms with Crippen molar-refractivity contribution in [3.8, 4) is 0 Å². The van der Waals surface area contributed by atoms with Crippen LogP contribution in [-0.2, 0) is 4.79 Å². The predicted molar refractivity (Wildman–Crippen MR) is 49.6 cm³/mol. The number of oxazole rings is 1. The Morgan fingerprint density at radius 1 is 1.57 bits per heavy atom. The normalized spacial score (nSPS) is 38.4. The molecule has 1 aromatic rings. The predicted octanol–water partition coefficient (Wildman–Crippen LogP) is 2.00. The second-order valence-electron chi connectivity index (χ2n) is 4.97. The number of carbonyl (C=O) groups is 1. The highest BCUT2D eigenvalue weighted by Crippen LogP contribution is 2.67. The van der Waals surface area contributed by atoms with Crippen LogP contribution in [0.25, 0.3) is 0 Å². The molecule has 0 aliphatic heterocycles. The number of carbonyl (C=O) groups excluding carboxylic acids is 1. The SMILES string of the molecule is CC1(C)C2CC(c3ncco3)C(=O)C21. The van der Waals surface area contributed by atoms with Gasteiger partial charge in [-0.15, -0.1) is 0 Å². The first kappa shape index (κ1) is 8.21. The Labute approximate surface area is 82.5 Å². The number of ketones is 1. The number of Topliss-reactive ketones (excluding diaryl/α,β-unsaturated/α-hetero) is 1. The van der Waals surface area contributed by atoms with Crippen LogP contribution in [0.1, 0.15) is 32.1 Å². The van der Waals surface area contributed by atoms with E-state index in [9.17, 15) is 4.79 Å². The number of aromatic nitrogens is 1. The van der Waals surface area contributed by atoms with Crippen LogP contribution in [0.4, 0.5) is 0 Å². The molecule has 3 heteroatoms. The van der Waals surface area contributed by atoms with Crippen molar-refractivity contribution < 1.29 is 9.21 Å². The van der Waals surface area contributed by atoms with Gasteiger partial charge in [0.2, 0.25) is 5.89 Å². The molecule has 2 aliphatic carbocycles. The monoisotopic (exact) mass is 191 g/mol. The molecule has 0 aromatic carbocycles. The van der Waals surface area contributed by atoms with Crippen LogP contribution in [-0.4, -0.2) is 10.8 Å². The fraction of sp³-hybridized carbons (Fsp3) is 0.636. The molecule has 2 saturated carbocycles. The van der Waals surface area contributed by atoms with Crippen molar-refractivity contribution in [3.63, 3.8) is 0 Å². The van der Waals surface area contributed by atoms with Gasteiger partial charge < -0.3 is 4.42 Å². The molecule has 14 heavy (non-hydrogen) atoms. The number of rotatable bonds is 1. The second kappa shape index (κ2) is 2.27. The smallest absolute Gasteiger partial charge is 0.204 e. The maximum absolute atomic E-state index is 12.0. The Hall–Kier alpha value is -1.12. The highest BCUT2D eigenvalue weighted by molar-refractivity contribution is 5.93. The number of fused-ring (bicyclic) bond motifs is 1. The number of hydrogen-bond donors (Lipinski definition) is 0. The molecule has 2 fully saturated rings. The van der Waals surface area contributed by atoms with Crippen molar-refractivity contribution >= 4 is 5.78 Å². The van der Waals surface area contributed by atoms with Gasteiger partial charge in [0.1, 0.15) is 12.0 Å². The van der Waals surface area contributed by atoms with Gasteiger partial charge in [-0.05, 0) is 17.8 Å². The zero-order valence-electron chi connectivity index (χ0n) is 8.36. The van der Waals surface area contributed by atoms with E-state index in [1.807, 2.05) is 0 Å². The van der Waals surface area contributed by atoms with E-state index in [1.165, 1.54) is 6.26 Å². The number of nitrogens with zero attached hydrogens (tertiary/aromatic N) is 1. The molecule has 3 unspecified atom stereocenters. The molecule has 0 bridgehead atoms. The molecule has 0 N–H and O–H groups in total. The highest BCUT2D eigenvalue weighted by atomic mass is 16.3. The maximum Gasteiger partial charge on any atom is 0.204 e. The molecule has 0 saturated heterocycles. The minimum atomic E-state index is -0.0620. The lowest BCUT2D eigenvalue weighted by atomic mass is 9.92. The molecule has 0 spiro atoms. The van der Waals surface area contributed by atoms with Crippen LogP contribution in [0, 0.1) is 17.3 Å². The minimum absolute atomic E-state index is 0.0620. The van der Waals surface area contributed by atoms with Crippen LogP contribution < -0.4 is 0 Å². The highest BCUT2D eigenvalue weighted by Gasteiger charge is 2.68. The average molecular weight is 191 g/mol. The minimum Gasteiger partial charge on any atom is -0.448 e. The van der Waals surface area contributed by atoms with Crippen LogP contribution in [0.2, 0.25) is 0 Å². The van der Waals surface area contributed by atoms with Crippen molar-refractivity contribution in [1.29, 1.82) is 0 Å². The molecule has 2 aliphatic rings. The molecule has 1 heterocycles. The van der Waals surface area contributed by atoms with Gasteiger partial charge >= 0.3 is 0 Å². The molecular formula is C11H13NO2. The van der Waals surface area contributed by atoms with Gasteiger partial charge in [0.05, 0.1) is 12.1 Å². The summed E-state index contributed by atoms with van der Waals surface area (Å²) < 4.78 is 5.19. The molecule has 1 aromatic heterocycles. The first-order valence-corrected chi connectivity index (χ1v) is 5.05. The van der Waals surface area contributed by atoms with Crippen LogP contribution in [0.5, 0.6) is 0 Å². The Balaban J connectivity index is 1.87. The van der Waals surface area contributed by atoms with Crippen molar-refractivity contribution in [1.82, 2.24) is 4.98 Å². The van der Waals surface area contributed by atoms with Gasteiger partial charge in [-0.25, -0.2) is 4.98 Å². The third kappa shape index (κ3) is 0.825. The Morgan fingerprint density at radius 2 is 2.36 bits per heavy atom. The molecule has 3 rings (SSSR count). The lowest BCUT2D eigenvalue weighted by molar-refractivity contribution is -0.121. The van der Waals surface area contributed by atoms with Gasteiger partial charge in [0.25, 0.3) is 0 Å². The summed E-state index contributed by atoms with van der Waals surface area (Å²) in [5.41, 5.74) is 0.236. The Morgan fingerprint density at radius 3 is 2.86 bits per heavy atom. The van der Waals surface area contributed by atoms with Gasteiger partial charge in [-0.3, -0.25) is 4.79 Å². The molecule has 3 atom stereocenters. The summed E-state index contributed by atoms with van der Waals surface area (Å²) in [6.07, 6.45) is 4.08. The first-order valence-electron chi connectivity index (χ1n) is 5.05. The topological polar surface area (TPSA) is 43.1 Å². The van der Waals surface area contributed by atoms with E-state index < -0.39 is 0 Å². The molecule has 74 valence electrons. The summed E-state index contributed by atoms with van der Waals surface area (Å²) in [5, 5.41) is 0. The van der Waals surface area contributed by atoms with Gasteiger partial charge in [-0.2, -0.15) is 0 Å².